The zero-order valence-electron chi connectivity index (χ0n) is 27.8. The number of alkyl halides is 4. The first kappa shape index (κ1) is 36.5. The average molecular weight is 738 g/mol. The predicted molar refractivity (Wildman–Crippen MR) is 177 cm³/mol. The lowest BCUT2D eigenvalue weighted by Gasteiger charge is -2.33. The number of carbonyl (C=O) groups is 1. The van der Waals surface area contributed by atoms with E-state index in [0.29, 0.717) is 37.4 Å². The molecule has 1 aromatic heterocycles. The number of hydrogen-bond donors (Lipinski definition) is 2. The fraction of sp³-hybridized carbons (Fsp3) is 0.545. The van der Waals surface area contributed by atoms with Crippen LogP contribution in [0.1, 0.15) is 54.2 Å². The number of benzene rings is 1. The summed E-state index contributed by atoms with van der Waals surface area (Å²) in [6.07, 6.45) is -5.15. The van der Waals surface area contributed by atoms with Crippen LogP contribution in [-0.4, -0.2) is 96.0 Å². The minimum Gasteiger partial charge on any atom is -0.461 e. The molecule has 0 saturated carbocycles. The number of likely N-dealkylation sites (N-methyl/N-ethyl adjacent to an activating group) is 1. The van der Waals surface area contributed by atoms with Crippen LogP contribution in [0.25, 0.3) is 0 Å². The van der Waals surface area contributed by atoms with Crippen molar-refractivity contribution in [3.8, 4) is 12.1 Å². The maximum atomic E-state index is 15.3. The molecule has 12 nitrogen and oxygen atoms in total. The minimum atomic E-state index is -4.89. The lowest BCUT2D eigenvalue weighted by atomic mass is 9.93. The van der Waals surface area contributed by atoms with Gasteiger partial charge in [0.15, 0.2) is 5.82 Å². The zero-order valence-corrected chi connectivity index (χ0v) is 28.5. The minimum absolute atomic E-state index is 0.0183. The lowest BCUT2D eigenvalue weighted by Crippen LogP contribution is -2.43. The van der Waals surface area contributed by atoms with Crippen LogP contribution in [0.2, 0.25) is 0 Å². The van der Waals surface area contributed by atoms with Gasteiger partial charge < -0.3 is 30.7 Å². The molecule has 0 bridgehead atoms. The molecule has 2 saturated heterocycles. The standard InChI is InChI=1S/C33H37ClF5N9O3/c1-46(11-7-40)30(49)28(42)26(34)23-15-47(9-3-8-43-23)29-19-16-50-24(25-20(33(37,38)39)4-5-21(41)27(25)36)12-22(19)44-31(45-29)51-17-32-6-2-10-48(32)14-18(35)13-32/h4-5,18,24H,2-3,6,8-17,41-42H2,1H3/t18-,24+,32?/m1/s1. The quantitative estimate of drug-likeness (QED) is 0.175. The Bertz CT molecular complexity index is 1800. The number of nitrogens with two attached hydrogens (primary N) is 2. The number of carbonyl (C=O) groups excluding carboxylic acids is 1. The van der Waals surface area contributed by atoms with Crippen molar-refractivity contribution in [1.82, 2.24) is 19.8 Å². The fourth-order valence-corrected chi connectivity index (χ4v) is 7.50. The number of aromatic nitrogens is 2. The molecule has 3 atom stereocenters. The zero-order chi connectivity index (χ0) is 36.7. The highest BCUT2D eigenvalue weighted by molar-refractivity contribution is 6.45. The Kier molecular flexibility index (Phi) is 10.3. The fourth-order valence-electron chi connectivity index (χ4n) is 7.30. The Hall–Kier alpha value is -4.27. The molecule has 6 rings (SSSR count). The summed E-state index contributed by atoms with van der Waals surface area (Å²) in [5.74, 6) is -1.57. The van der Waals surface area contributed by atoms with Gasteiger partial charge in [-0.15, -0.1) is 0 Å². The molecule has 4 aliphatic rings. The Morgan fingerprint density at radius 1 is 1.27 bits per heavy atom. The van der Waals surface area contributed by atoms with Crippen LogP contribution >= 0.6 is 11.6 Å². The molecule has 4 aliphatic heterocycles. The third kappa shape index (κ3) is 7.26. The van der Waals surface area contributed by atoms with Crippen molar-refractivity contribution >= 4 is 34.7 Å². The second-order valence-electron chi connectivity index (χ2n) is 13.2. The van der Waals surface area contributed by atoms with Gasteiger partial charge in [0.05, 0.1) is 58.6 Å². The molecule has 4 N–H and O–H groups in total. The summed E-state index contributed by atoms with van der Waals surface area (Å²) in [4.78, 5) is 31.6. The molecule has 0 radical (unpaired) electrons. The topological polar surface area (TPSA) is 159 Å². The van der Waals surface area contributed by atoms with E-state index in [2.05, 4.69) is 14.9 Å². The van der Waals surface area contributed by atoms with E-state index in [4.69, 9.17) is 42.8 Å². The predicted octanol–water partition coefficient (Wildman–Crippen LogP) is 4.03. The molecule has 1 amide bonds. The SMILES string of the molecule is CN(CC#N)C(=O)C(N)=C(Cl)C1=NCCCN(c2nc(OCC34CCCN3C[C@H](F)C4)nc3c2CO[C@H](c2c(C(F)(F)F)ccc(N)c2F)C3)C1. The third-order valence-corrected chi connectivity index (χ3v) is 10.3. The number of aliphatic imine (C=N–C) groups is 1. The summed E-state index contributed by atoms with van der Waals surface area (Å²) in [5, 5.41) is 8.89. The van der Waals surface area contributed by atoms with Crippen molar-refractivity contribution in [1.29, 1.82) is 5.26 Å². The normalized spacial score (nSPS) is 24.2. The molecule has 51 heavy (non-hydrogen) atoms. The number of amides is 1. The van der Waals surface area contributed by atoms with E-state index in [1.807, 2.05) is 6.07 Å². The molecule has 18 heteroatoms. The van der Waals surface area contributed by atoms with Crippen LogP contribution < -0.4 is 21.1 Å². The summed E-state index contributed by atoms with van der Waals surface area (Å²) >= 11 is 6.61. The van der Waals surface area contributed by atoms with Gasteiger partial charge in [-0.1, -0.05) is 11.6 Å². The first-order valence-corrected chi connectivity index (χ1v) is 16.8. The largest absolute Gasteiger partial charge is 0.461 e. The number of ether oxygens (including phenoxy) is 2. The number of rotatable bonds is 8. The van der Waals surface area contributed by atoms with Gasteiger partial charge in [-0.3, -0.25) is 14.7 Å². The first-order valence-electron chi connectivity index (χ1n) is 16.5. The van der Waals surface area contributed by atoms with E-state index in [-0.39, 0.29) is 67.3 Å². The van der Waals surface area contributed by atoms with E-state index in [9.17, 15) is 22.4 Å². The Labute approximate surface area is 295 Å². The van der Waals surface area contributed by atoms with Crippen molar-refractivity contribution in [3.05, 3.63) is 51.1 Å². The van der Waals surface area contributed by atoms with Gasteiger partial charge in [0.25, 0.3) is 5.91 Å². The number of halogens is 6. The van der Waals surface area contributed by atoms with E-state index in [1.165, 1.54) is 7.05 Å². The number of fused-ring (bicyclic) bond motifs is 2. The Balaban J connectivity index is 1.37. The van der Waals surface area contributed by atoms with Crippen molar-refractivity contribution in [2.45, 2.75) is 62.7 Å². The van der Waals surface area contributed by atoms with E-state index in [0.717, 1.165) is 36.4 Å². The molecule has 0 spiro atoms. The molecular formula is C33H37ClF5N9O3. The molecule has 1 unspecified atom stereocenters. The van der Waals surface area contributed by atoms with Crippen LogP contribution in [0.4, 0.5) is 33.5 Å². The highest BCUT2D eigenvalue weighted by Crippen LogP contribution is 2.44. The van der Waals surface area contributed by atoms with E-state index >= 15 is 4.39 Å². The molecule has 0 aliphatic carbocycles. The first-order chi connectivity index (χ1) is 24.2. The maximum absolute atomic E-state index is 15.3. The maximum Gasteiger partial charge on any atom is 0.416 e. The number of nitrogen functional groups attached to an aromatic ring is 1. The van der Waals surface area contributed by atoms with Gasteiger partial charge in [-0.2, -0.15) is 28.4 Å². The molecular weight excluding hydrogens is 701 g/mol. The number of hydrogen-bond acceptors (Lipinski definition) is 11. The summed E-state index contributed by atoms with van der Waals surface area (Å²) in [7, 11) is 1.41. The smallest absolute Gasteiger partial charge is 0.416 e. The monoisotopic (exact) mass is 737 g/mol. The van der Waals surface area contributed by atoms with Crippen molar-refractivity contribution in [2.75, 3.05) is 63.6 Å². The van der Waals surface area contributed by atoms with E-state index < -0.39 is 52.5 Å². The lowest BCUT2D eigenvalue weighted by molar-refractivity contribution is -0.140. The van der Waals surface area contributed by atoms with Gasteiger partial charge in [-0.25, -0.2) is 8.78 Å². The second kappa shape index (κ2) is 14.4. The van der Waals surface area contributed by atoms with Crippen molar-refractivity contribution in [3.63, 3.8) is 0 Å². The second-order valence-corrected chi connectivity index (χ2v) is 13.6. The van der Waals surface area contributed by atoms with Crippen LogP contribution in [0.3, 0.4) is 0 Å². The van der Waals surface area contributed by atoms with Gasteiger partial charge in [0.2, 0.25) is 0 Å². The average Bonchev–Trinajstić information content (AvgIpc) is 3.50. The van der Waals surface area contributed by atoms with Crippen LogP contribution in [-0.2, 0) is 28.7 Å². The number of anilines is 2. The number of nitrogens with zero attached hydrogens (tertiary/aromatic N) is 7. The summed E-state index contributed by atoms with van der Waals surface area (Å²) < 4.78 is 84.2. The summed E-state index contributed by atoms with van der Waals surface area (Å²) in [6, 6.07) is 3.37. The van der Waals surface area contributed by atoms with Crippen LogP contribution in [0, 0.1) is 17.1 Å². The molecule has 2 aromatic rings. The van der Waals surface area contributed by atoms with Crippen molar-refractivity contribution in [2.24, 2.45) is 10.7 Å². The molecule has 2 fully saturated rings. The van der Waals surface area contributed by atoms with Gasteiger partial charge >= 0.3 is 12.2 Å². The summed E-state index contributed by atoms with van der Waals surface area (Å²) in [5.41, 5.74) is 9.55. The Morgan fingerprint density at radius 3 is 2.80 bits per heavy atom. The van der Waals surface area contributed by atoms with Gasteiger partial charge in [-0.05, 0) is 37.9 Å². The van der Waals surface area contributed by atoms with E-state index in [1.54, 1.807) is 4.90 Å². The molecule has 1 aromatic carbocycles. The third-order valence-electron chi connectivity index (χ3n) is 9.83. The number of nitriles is 1. The molecule has 5 heterocycles. The van der Waals surface area contributed by atoms with Crippen molar-refractivity contribution < 1.29 is 36.2 Å². The highest BCUT2D eigenvalue weighted by Gasteiger charge is 2.49. The molecule has 274 valence electrons. The van der Waals surface area contributed by atoms with Crippen LogP contribution in [0.5, 0.6) is 6.01 Å². The summed E-state index contributed by atoms with van der Waals surface area (Å²) in [6.45, 7) is 1.35. The Morgan fingerprint density at radius 2 is 2.06 bits per heavy atom. The van der Waals surface area contributed by atoms with Gasteiger partial charge in [0, 0.05) is 50.7 Å². The van der Waals surface area contributed by atoms with Crippen LogP contribution in [0.15, 0.2) is 27.9 Å². The van der Waals surface area contributed by atoms with Gasteiger partial charge in [0.1, 0.15) is 30.8 Å². The highest BCUT2D eigenvalue weighted by atomic mass is 35.5.